The van der Waals surface area contributed by atoms with Gasteiger partial charge in [0.25, 0.3) is 15.9 Å². The molecule has 3 heterocycles. The molecule has 0 N–H and O–H groups in total. The summed E-state index contributed by atoms with van der Waals surface area (Å²) in [5.74, 6) is 0.493. The molecule has 1 aliphatic rings. The maximum atomic E-state index is 13.4. The van der Waals surface area contributed by atoms with Crippen molar-refractivity contribution >= 4 is 72.2 Å². The number of fused-ring (bicyclic) bond motifs is 1. The van der Waals surface area contributed by atoms with Crippen LogP contribution in [0.25, 0.3) is 10.2 Å². The molecule has 1 atom stereocenters. The van der Waals surface area contributed by atoms with Gasteiger partial charge in [-0.05, 0) is 55.3 Å². The number of thioether (sulfide) groups is 1. The lowest BCUT2D eigenvalue weighted by Crippen LogP contribution is -2.47. The number of aryl methyl sites for hydroxylation is 2. The summed E-state index contributed by atoms with van der Waals surface area (Å²) in [7, 11) is -3.81. The van der Waals surface area contributed by atoms with Crippen LogP contribution >= 0.6 is 46.0 Å². The van der Waals surface area contributed by atoms with Crippen molar-refractivity contribution in [3.8, 4) is 0 Å². The smallest absolute Gasteiger partial charge is 0.266 e. The monoisotopic (exact) mass is 543 g/mol. The largest absolute Gasteiger partial charge is 0.316 e. The van der Waals surface area contributed by atoms with Gasteiger partial charge in [-0.1, -0.05) is 42.3 Å². The molecule has 3 aromatic rings. The van der Waals surface area contributed by atoms with Gasteiger partial charge in [-0.15, -0.1) is 11.3 Å². The highest BCUT2D eigenvalue weighted by molar-refractivity contribution is 7.98. The van der Waals surface area contributed by atoms with Gasteiger partial charge in [-0.2, -0.15) is 21.1 Å². The quantitative estimate of drug-likeness (QED) is 0.420. The first-order valence-corrected chi connectivity index (χ1v) is 15.7. The second-order valence-electron chi connectivity index (χ2n) is 7.82. The van der Waals surface area contributed by atoms with Gasteiger partial charge < -0.3 is 4.57 Å². The van der Waals surface area contributed by atoms with E-state index in [0.29, 0.717) is 22.1 Å². The van der Waals surface area contributed by atoms with Gasteiger partial charge in [0.2, 0.25) is 0 Å². The zero-order chi connectivity index (χ0) is 23.6. The zero-order valence-electron chi connectivity index (χ0n) is 18.5. The number of sulfonamides is 1. The van der Waals surface area contributed by atoms with Crippen LogP contribution in [0.4, 0.5) is 0 Å². The van der Waals surface area contributed by atoms with Gasteiger partial charge >= 0.3 is 0 Å². The van der Waals surface area contributed by atoms with Gasteiger partial charge in [0.15, 0.2) is 4.80 Å². The number of hydrogen-bond acceptors (Lipinski definition) is 6. The standard InChI is InChI=1S/C22H26ClN3O3S4/c1-3-15-7-8-16-18(14-15)31-22(25(16)12-13-30-2)24-21(27)17-6-4-5-11-26(17)33(28,29)20-10-9-19(23)32-20/h7-10,14,17H,3-6,11-13H2,1-2H3. The molecule has 0 aliphatic carbocycles. The van der Waals surface area contributed by atoms with E-state index in [0.717, 1.165) is 53.1 Å². The van der Waals surface area contributed by atoms with Crippen LogP contribution in [-0.2, 0) is 27.8 Å². The van der Waals surface area contributed by atoms with Crippen molar-refractivity contribution in [3.63, 3.8) is 0 Å². The summed E-state index contributed by atoms with van der Waals surface area (Å²) in [6, 6.07) is 8.63. The van der Waals surface area contributed by atoms with Gasteiger partial charge in [-0.25, -0.2) is 8.42 Å². The molecule has 0 bridgehead atoms. The average Bonchev–Trinajstić information content (AvgIpc) is 3.40. The number of aromatic nitrogens is 1. The molecule has 1 amide bonds. The molecule has 4 rings (SSSR count). The Kier molecular flexibility index (Phi) is 8.02. The second kappa shape index (κ2) is 10.6. The lowest BCUT2D eigenvalue weighted by Gasteiger charge is -2.31. The molecular formula is C22H26ClN3O3S4. The minimum atomic E-state index is -3.81. The number of carbonyl (C=O) groups excluding carboxylic acids is 1. The number of nitrogens with zero attached hydrogens (tertiary/aromatic N) is 3. The summed E-state index contributed by atoms with van der Waals surface area (Å²) in [4.78, 5) is 18.5. The Bertz CT molecular complexity index is 1330. The zero-order valence-corrected chi connectivity index (χ0v) is 22.5. The van der Waals surface area contributed by atoms with Crippen molar-refractivity contribution in [2.24, 2.45) is 4.99 Å². The van der Waals surface area contributed by atoms with Gasteiger partial charge in [0.1, 0.15) is 10.3 Å². The summed E-state index contributed by atoms with van der Waals surface area (Å²) < 4.78 is 31.6. The maximum absolute atomic E-state index is 13.4. The fourth-order valence-electron chi connectivity index (χ4n) is 3.98. The first-order valence-electron chi connectivity index (χ1n) is 10.8. The number of carbonyl (C=O) groups is 1. The van der Waals surface area contributed by atoms with Gasteiger partial charge in [0.05, 0.1) is 14.6 Å². The van der Waals surface area contributed by atoms with Gasteiger partial charge in [0, 0.05) is 18.8 Å². The fraction of sp³-hybridized carbons (Fsp3) is 0.455. The van der Waals surface area contributed by atoms with E-state index in [1.165, 1.54) is 27.3 Å². The van der Waals surface area contributed by atoms with Crippen molar-refractivity contribution in [1.29, 1.82) is 0 Å². The van der Waals surface area contributed by atoms with Crippen LogP contribution in [0.5, 0.6) is 0 Å². The van der Waals surface area contributed by atoms with Gasteiger partial charge in [-0.3, -0.25) is 4.79 Å². The lowest BCUT2D eigenvalue weighted by atomic mass is 10.0. The summed E-state index contributed by atoms with van der Waals surface area (Å²) in [5, 5.41) is 0. The summed E-state index contributed by atoms with van der Waals surface area (Å²) in [6.07, 6.45) is 4.97. The topological polar surface area (TPSA) is 71.7 Å². The van der Waals surface area contributed by atoms with Crippen molar-refractivity contribution in [3.05, 3.63) is 45.0 Å². The number of benzene rings is 1. The maximum Gasteiger partial charge on any atom is 0.266 e. The van der Waals surface area contributed by atoms with Crippen molar-refractivity contribution < 1.29 is 13.2 Å². The summed E-state index contributed by atoms with van der Waals surface area (Å²) in [5.41, 5.74) is 2.29. The number of halogens is 1. The molecule has 0 saturated carbocycles. The molecule has 1 aromatic carbocycles. The first-order chi connectivity index (χ1) is 15.8. The molecule has 2 aromatic heterocycles. The number of amides is 1. The van der Waals surface area contributed by atoms with E-state index < -0.39 is 22.0 Å². The van der Waals surface area contributed by atoms with E-state index in [1.807, 2.05) is 6.26 Å². The number of hydrogen-bond donors (Lipinski definition) is 0. The normalized spacial score (nSPS) is 18.3. The predicted molar refractivity (Wildman–Crippen MR) is 139 cm³/mol. The van der Waals surface area contributed by atoms with Crippen LogP contribution < -0.4 is 4.80 Å². The van der Waals surface area contributed by atoms with Crippen molar-refractivity contribution in [1.82, 2.24) is 8.87 Å². The summed E-state index contributed by atoms with van der Waals surface area (Å²) in [6.45, 7) is 3.16. The van der Waals surface area contributed by atoms with E-state index in [-0.39, 0.29) is 4.21 Å². The Morgan fingerprint density at radius 3 is 2.76 bits per heavy atom. The Morgan fingerprint density at radius 1 is 1.24 bits per heavy atom. The fourth-order valence-corrected chi connectivity index (χ4v) is 8.74. The third-order valence-corrected chi connectivity index (χ3v) is 11.0. The Hall–Kier alpha value is -1.17. The number of piperidine rings is 1. The molecule has 1 aliphatic heterocycles. The van der Waals surface area contributed by atoms with Crippen LogP contribution in [0, 0.1) is 0 Å². The second-order valence-corrected chi connectivity index (χ2v) is 13.6. The molecule has 178 valence electrons. The molecule has 0 radical (unpaired) electrons. The SMILES string of the molecule is CCc1ccc2c(c1)sc(=NC(=O)C1CCCCN1S(=O)(=O)c1ccc(Cl)s1)n2CCSC. The van der Waals surface area contributed by atoms with Crippen LogP contribution in [0.1, 0.15) is 31.7 Å². The molecule has 1 unspecified atom stereocenters. The third kappa shape index (κ3) is 5.26. The molecule has 11 heteroatoms. The van der Waals surface area contributed by atoms with Crippen LogP contribution in [0.2, 0.25) is 4.34 Å². The lowest BCUT2D eigenvalue weighted by molar-refractivity contribution is -0.122. The van der Waals surface area contributed by atoms with E-state index in [9.17, 15) is 13.2 Å². The Labute approximate surface area is 211 Å². The Morgan fingerprint density at radius 2 is 2.06 bits per heavy atom. The number of thiazole rings is 1. The van der Waals surface area contributed by atoms with Crippen LogP contribution in [0.15, 0.2) is 39.5 Å². The highest BCUT2D eigenvalue weighted by Gasteiger charge is 2.38. The average molecular weight is 544 g/mol. The molecule has 1 saturated heterocycles. The van der Waals surface area contributed by atoms with E-state index in [1.54, 1.807) is 17.8 Å². The van der Waals surface area contributed by atoms with E-state index in [4.69, 9.17) is 11.6 Å². The predicted octanol–water partition coefficient (Wildman–Crippen LogP) is 5.01. The minimum Gasteiger partial charge on any atom is -0.316 e. The molecule has 0 spiro atoms. The van der Waals surface area contributed by atoms with Crippen LogP contribution in [0.3, 0.4) is 0 Å². The van der Waals surface area contributed by atoms with E-state index in [2.05, 4.69) is 34.7 Å². The van der Waals surface area contributed by atoms with Crippen LogP contribution in [-0.4, -0.2) is 47.8 Å². The van der Waals surface area contributed by atoms with Crippen molar-refractivity contribution in [2.75, 3.05) is 18.6 Å². The molecule has 33 heavy (non-hydrogen) atoms. The highest BCUT2D eigenvalue weighted by Crippen LogP contribution is 2.32. The minimum absolute atomic E-state index is 0.163. The molecular weight excluding hydrogens is 518 g/mol. The molecule has 1 fully saturated rings. The first kappa shape index (κ1) is 24.9. The molecule has 6 nitrogen and oxygen atoms in total. The summed E-state index contributed by atoms with van der Waals surface area (Å²) >= 11 is 10.2. The van der Waals surface area contributed by atoms with E-state index >= 15 is 0 Å². The van der Waals surface area contributed by atoms with Crippen molar-refractivity contribution in [2.45, 2.75) is 49.4 Å². The Balaban J connectivity index is 1.74. The number of rotatable bonds is 7. The highest BCUT2D eigenvalue weighted by atomic mass is 35.5. The number of thiophene rings is 1. The third-order valence-electron chi connectivity index (χ3n) is 5.73.